The van der Waals surface area contributed by atoms with Gasteiger partial charge >= 0.3 is 6.03 Å². The highest BCUT2D eigenvalue weighted by Crippen LogP contribution is 2.11. The number of rotatable bonds is 4. The number of carbonyl (C=O) groups excluding carboxylic acids is 1. The molecule has 2 atom stereocenters. The molecule has 2 amide bonds. The minimum absolute atomic E-state index is 0.100. The van der Waals surface area contributed by atoms with E-state index >= 15 is 0 Å². The molecule has 4 nitrogen and oxygen atoms in total. The van der Waals surface area contributed by atoms with E-state index in [1.165, 1.54) is 5.56 Å². The largest absolute Gasteiger partial charge is 0.379 e. The van der Waals surface area contributed by atoms with E-state index in [2.05, 4.69) is 38.7 Å². The van der Waals surface area contributed by atoms with Crippen LogP contribution in [-0.2, 0) is 11.2 Å². The summed E-state index contributed by atoms with van der Waals surface area (Å²) in [6.07, 6.45) is 1.72. The molecule has 2 rings (SSSR count). The monoisotopic (exact) mass is 326 g/mol. The van der Waals surface area contributed by atoms with E-state index in [0.717, 1.165) is 23.9 Å². The molecule has 1 aliphatic heterocycles. The number of amides is 2. The zero-order valence-corrected chi connectivity index (χ0v) is 12.6. The molecule has 1 fully saturated rings. The number of halogens is 1. The SMILES string of the molecule is C[C@@H](Cc1ccc(Br)cc1)NC(=O)N[C@@H]1CCOC1. The Hall–Kier alpha value is -1.07. The first-order chi connectivity index (χ1) is 9.13. The van der Waals surface area contributed by atoms with Crippen molar-refractivity contribution in [3.63, 3.8) is 0 Å². The van der Waals surface area contributed by atoms with Crippen LogP contribution in [0.25, 0.3) is 0 Å². The molecule has 1 heterocycles. The molecule has 5 heteroatoms. The van der Waals surface area contributed by atoms with Gasteiger partial charge in [-0.2, -0.15) is 0 Å². The molecule has 0 aliphatic carbocycles. The van der Waals surface area contributed by atoms with Crippen LogP contribution < -0.4 is 10.6 Å². The summed E-state index contributed by atoms with van der Waals surface area (Å²) in [5.41, 5.74) is 1.21. The molecule has 1 aromatic rings. The predicted molar refractivity (Wildman–Crippen MR) is 78.2 cm³/mol. The maximum atomic E-state index is 11.8. The van der Waals surface area contributed by atoms with Crippen molar-refractivity contribution >= 4 is 22.0 Å². The highest BCUT2D eigenvalue weighted by molar-refractivity contribution is 9.10. The third-order valence-corrected chi connectivity index (χ3v) is 3.63. The van der Waals surface area contributed by atoms with Crippen LogP contribution in [0.3, 0.4) is 0 Å². The average Bonchev–Trinajstić information content (AvgIpc) is 2.84. The van der Waals surface area contributed by atoms with Crippen LogP contribution in [0.2, 0.25) is 0 Å². The van der Waals surface area contributed by atoms with Crippen LogP contribution in [0.5, 0.6) is 0 Å². The van der Waals surface area contributed by atoms with E-state index in [9.17, 15) is 4.79 Å². The van der Waals surface area contributed by atoms with Gasteiger partial charge in [-0.25, -0.2) is 4.79 Å². The van der Waals surface area contributed by atoms with Gasteiger partial charge in [0.1, 0.15) is 0 Å². The number of hydrogen-bond donors (Lipinski definition) is 2. The summed E-state index contributed by atoms with van der Waals surface area (Å²) < 4.78 is 6.29. The maximum Gasteiger partial charge on any atom is 0.315 e. The van der Waals surface area contributed by atoms with E-state index in [0.29, 0.717) is 6.61 Å². The average molecular weight is 327 g/mol. The first-order valence-corrected chi connectivity index (χ1v) is 7.32. The second-order valence-electron chi connectivity index (χ2n) is 4.91. The van der Waals surface area contributed by atoms with Crippen LogP contribution in [0.1, 0.15) is 18.9 Å². The number of carbonyl (C=O) groups is 1. The van der Waals surface area contributed by atoms with Gasteiger partial charge in [0.15, 0.2) is 0 Å². The first kappa shape index (κ1) is 14.3. The van der Waals surface area contributed by atoms with Crippen LogP contribution in [-0.4, -0.2) is 31.3 Å². The molecule has 1 aromatic carbocycles. The minimum atomic E-state index is -0.111. The fourth-order valence-electron chi connectivity index (χ4n) is 2.12. The van der Waals surface area contributed by atoms with Gasteiger partial charge in [-0.3, -0.25) is 0 Å². The maximum absolute atomic E-state index is 11.8. The molecular weight excluding hydrogens is 308 g/mol. The zero-order valence-electron chi connectivity index (χ0n) is 11.0. The Bertz CT molecular complexity index is 416. The molecule has 0 aromatic heterocycles. The van der Waals surface area contributed by atoms with Crippen LogP contribution >= 0.6 is 15.9 Å². The van der Waals surface area contributed by atoms with Crippen molar-refractivity contribution in [1.29, 1.82) is 0 Å². The highest BCUT2D eigenvalue weighted by Gasteiger charge is 2.18. The Kier molecular flexibility index (Phi) is 5.22. The summed E-state index contributed by atoms with van der Waals surface area (Å²) >= 11 is 3.41. The smallest absolute Gasteiger partial charge is 0.315 e. The van der Waals surface area contributed by atoms with E-state index in [1.807, 2.05) is 19.1 Å². The van der Waals surface area contributed by atoms with Gasteiger partial charge in [-0.05, 0) is 37.5 Å². The van der Waals surface area contributed by atoms with Crippen LogP contribution in [0.15, 0.2) is 28.7 Å². The van der Waals surface area contributed by atoms with Crippen molar-refractivity contribution in [3.8, 4) is 0 Å². The van der Waals surface area contributed by atoms with Crippen molar-refractivity contribution in [1.82, 2.24) is 10.6 Å². The lowest BCUT2D eigenvalue weighted by molar-refractivity contribution is 0.188. The lowest BCUT2D eigenvalue weighted by Crippen LogP contribution is -2.46. The van der Waals surface area contributed by atoms with Crippen molar-refractivity contribution in [2.24, 2.45) is 0 Å². The lowest BCUT2D eigenvalue weighted by Gasteiger charge is -2.17. The van der Waals surface area contributed by atoms with E-state index in [-0.39, 0.29) is 18.1 Å². The Labute approximate surface area is 122 Å². The summed E-state index contributed by atoms with van der Waals surface area (Å²) in [4.78, 5) is 11.8. The predicted octanol–water partition coefficient (Wildman–Crippen LogP) is 2.47. The molecule has 2 N–H and O–H groups in total. The van der Waals surface area contributed by atoms with Gasteiger partial charge in [0.2, 0.25) is 0 Å². The van der Waals surface area contributed by atoms with Crippen molar-refractivity contribution < 1.29 is 9.53 Å². The van der Waals surface area contributed by atoms with Crippen molar-refractivity contribution in [2.75, 3.05) is 13.2 Å². The van der Waals surface area contributed by atoms with Gasteiger partial charge < -0.3 is 15.4 Å². The van der Waals surface area contributed by atoms with Gasteiger partial charge in [-0.15, -0.1) is 0 Å². The number of benzene rings is 1. The van der Waals surface area contributed by atoms with Crippen molar-refractivity contribution in [3.05, 3.63) is 34.3 Å². The Balaban J connectivity index is 1.75. The second-order valence-corrected chi connectivity index (χ2v) is 5.83. The van der Waals surface area contributed by atoms with Crippen molar-refractivity contribution in [2.45, 2.75) is 31.8 Å². The topological polar surface area (TPSA) is 50.4 Å². The first-order valence-electron chi connectivity index (χ1n) is 6.52. The molecule has 0 spiro atoms. The Morgan fingerprint density at radius 1 is 1.47 bits per heavy atom. The molecule has 19 heavy (non-hydrogen) atoms. The standard InChI is InChI=1S/C14H19BrN2O2/c1-10(8-11-2-4-12(15)5-3-11)16-14(18)17-13-6-7-19-9-13/h2-5,10,13H,6-9H2,1H3,(H2,16,17,18)/t10-,13+/m0/s1. The van der Waals surface area contributed by atoms with Gasteiger partial charge in [0, 0.05) is 17.1 Å². The number of ether oxygens (including phenoxy) is 1. The van der Waals surface area contributed by atoms with E-state index in [4.69, 9.17) is 4.74 Å². The summed E-state index contributed by atoms with van der Waals surface area (Å²) in [6.45, 7) is 3.36. The molecule has 0 unspecified atom stereocenters. The second kappa shape index (κ2) is 6.91. The molecule has 0 radical (unpaired) electrons. The van der Waals surface area contributed by atoms with E-state index in [1.54, 1.807) is 0 Å². The summed E-state index contributed by atoms with van der Waals surface area (Å²) in [5, 5.41) is 5.87. The quantitative estimate of drug-likeness (QED) is 0.893. The number of urea groups is 1. The van der Waals surface area contributed by atoms with Crippen LogP contribution in [0, 0.1) is 0 Å². The fourth-order valence-corrected chi connectivity index (χ4v) is 2.39. The molecule has 104 valence electrons. The molecular formula is C14H19BrN2O2. The molecule has 1 saturated heterocycles. The zero-order chi connectivity index (χ0) is 13.7. The summed E-state index contributed by atoms with van der Waals surface area (Å²) in [7, 11) is 0. The third-order valence-electron chi connectivity index (χ3n) is 3.10. The highest BCUT2D eigenvalue weighted by atomic mass is 79.9. The Morgan fingerprint density at radius 2 is 2.21 bits per heavy atom. The Morgan fingerprint density at radius 3 is 2.84 bits per heavy atom. The van der Waals surface area contributed by atoms with Gasteiger partial charge in [0.05, 0.1) is 12.6 Å². The summed E-state index contributed by atoms with van der Waals surface area (Å²) in [5.74, 6) is 0. The van der Waals surface area contributed by atoms with Gasteiger partial charge in [0.25, 0.3) is 0 Å². The normalized spacial score (nSPS) is 20.0. The van der Waals surface area contributed by atoms with Gasteiger partial charge in [-0.1, -0.05) is 28.1 Å². The fraction of sp³-hybridized carbons (Fsp3) is 0.500. The molecule has 0 saturated carbocycles. The van der Waals surface area contributed by atoms with E-state index < -0.39 is 0 Å². The molecule has 1 aliphatic rings. The minimum Gasteiger partial charge on any atom is -0.379 e. The number of nitrogens with one attached hydrogen (secondary N) is 2. The summed E-state index contributed by atoms with van der Waals surface area (Å²) in [6, 6.07) is 8.29. The lowest BCUT2D eigenvalue weighted by atomic mass is 10.1. The third kappa shape index (κ3) is 4.84. The van der Waals surface area contributed by atoms with Crippen LogP contribution in [0.4, 0.5) is 4.79 Å². The number of hydrogen-bond acceptors (Lipinski definition) is 2. The molecule has 0 bridgehead atoms.